The summed E-state index contributed by atoms with van der Waals surface area (Å²) in [4.78, 5) is 0. The van der Waals surface area contributed by atoms with Crippen molar-refractivity contribution in [1.29, 1.82) is 0 Å². The minimum atomic E-state index is 1.28. The third-order valence-electron chi connectivity index (χ3n) is 5.57. The van der Waals surface area contributed by atoms with Crippen LogP contribution < -0.4 is 0 Å². The first kappa shape index (κ1) is 14.1. The first-order valence-corrected chi connectivity index (χ1v) is 9.15. The Hall–Kier alpha value is -1.56. The van der Waals surface area contributed by atoms with Crippen LogP contribution in [0.2, 0.25) is 0 Å². The van der Waals surface area contributed by atoms with E-state index in [1.165, 1.54) is 75.3 Å². The summed E-state index contributed by atoms with van der Waals surface area (Å²) < 4.78 is 0. The molecule has 0 saturated heterocycles. The van der Waals surface area contributed by atoms with E-state index in [0.29, 0.717) is 0 Å². The van der Waals surface area contributed by atoms with E-state index >= 15 is 0 Å². The van der Waals surface area contributed by atoms with Crippen molar-refractivity contribution < 1.29 is 0 Å². The highest BCUT2D eigenvalue weighted by molar-refractivity contribution is 5.71. The fourth-order valence-electron chi connectivity index (χ4n) is 4.46. The van der Waals surface area contributed by atoms with E-state index < -0.39 is 0 Å². The van der Waals surface area contributed by atoms with Gasteiger partial charge in [-0.3, -0.25) is 0 Å². The van der Waals surface area contributed by atoms with Gasteiger partial charge in [0.15, 0.2) is 0 Å². The van der Waals surface area contributed by atoms with E-state index in [1.54, 1.807) is 22.3 Å². The molecule has 0 heterocycles. The fraction of sp³-hybridized carbons (Fsp3) is 0.455. The van der Waals surface area contributed by atoms with Crippen LogP contribution >= 0.6 is 0 Å². The molecule has 0 atom stereocenters. The van der Waals surface area contributed by atoms with Crippen LogP contribution in [-0.2, 0) is 25.7 Å². The Labute approximate surface area is 134 Å². The van der Waals surface area contributed by atoms with Gasteiger partial charge in [-0.1, -0.05) is 49.2 Å². The van der Waals surface area contributed by atoms with Gasteiger partial charge in [-0.2, -0.15) is 0 Å². The van der Waals surface area contributed by atoms with E-state index in [-0.39, 0.29) is 0 Å². The van der Waals surface area contributed by atoms with Crippen LogP contribution in [0.3, 0.4) is 0 Å². The molecule has 22 heavy (non-hydrogen) atoms. The Kier molecular flexibility index (Phi) is 4.01. The molecule has 0 nitrogen and oxygen atoms in total. The topological polar surface area (TPSA) is 0 Å². The molecule has 2 aromatic rings. The predicted molar refractivity (Wildman–Crippen MR) is 94.4 cm³/mol. The van der Waals surface area contributed by atoms with Gasteiger partial charge in [0.25, 0.3) is 0 Å². The van der Waals surface area contributed by atoms with Gasteiger partial charge < -0.3 is 0 Å². The second kappa shape index (κ2) is 6.28. The molecule has 2 aliphatic rings. The molecule has 0 spiro atoms. The number of hydrogen-bond acceptors (Lipinski definition) is 0. The maximum atomic E-state index is 2.56. The lowest BCUT2D eigenvalue weighted by molar-refractivity contribution is 0.703. The molecule has 2 aromatic carbocycles. The average Bonchev–Trinajstić information content (AvgIpc) is 2.95. The quantitative estimate of drug-likeness (QED) is 0.574. The van der Waals surface area contributed by atoms with E-state index in [9.17, 15) is 0 Å². The molecule has 0 aliphatic heterocycles. The summed E-state index contributed by atoms with van der Waals surface area (Å²) in [5, 5.41) is 0. The van der Waals surface area contributed by atoms with Crippen molar-refractivity contribution in [3.63, 3.8) is 0 Å². The van der Waals surface area contributed by atoms with Crippen LogP contribution in [0.4, 0.5) is 0 Å². The van der Waals surface area contributed by atoms with Crippen molar-refractivity contribution in [3.8, 4) is 11.1 Å². The van der Waals surface area contributed by atoms with Crippen molar-refractivity contribution in [2.45, 2.75) is 64.2 Å². The van der Waals surface area contributed by atoms with Crippen molar-refractivity contribution in [2.24, 2.45) is 0 Å². The van der Waals surface area contributed by atoms with E-state index in [0.717, 1.165) is 0 Å². The van der Waals surface area contributed by atoms with E-state index in [1.807, 2.05) is 0 Å². The SMILES string of the molecule is c1ccc(-c2cc3c(c4c2CCCCC4)CCCCC3)cc1. The second-order valence-corrected chi connectivity index (χ2v) is 7.01. The molecule has 0 radical (unpaired) electrons. The zero-order valence-corrected chi connectivity index (χ0v) is 13.5. The smallest absolute Gasteiger partial charge is 0.0146 e. The summed E-state index contributed by atoms with van der Waals surface area (Å²) in [5.41, 5.74) is 9.80. The molecular weight excluding hydrogens is 264 g/mol. The van der Waals surface area contributed by atoms with Gasteiger partial charge in [0.05, 0.1) is 0 Å². The second-order valence-electron chi connectivity index (χ2n) is 7.01. The lowest BCUT2D eigenvalue weighted by Gasteiger charge is -2.20. The number of hydrogen-bond donors (Lipinski definition) is 0. The molecule has 0 bridgehead atoms. The van der Waals surface area contributed by atoms with Gasteiger partial charge in [0.2, 0.25) is 0 Å². The molecule has 0 heteroatoms. The summed E-state index contributed by atoms with van der Waals surface area (Å²) in [5.74, 6) is 0. The molecule has 0 amide bonds. The van der Waals surface area contributed by atoms with Crippen LogP contribution in [0.15, 0.2) is 36.4 Å². The van der Waals surface area contributed by atoms with Crippen LogP contribution in [0, 0.1) is 0 Å². The standard InChI is InChI=1S/C22H26/c1-4-10-17(11-5-1)22-16-18-12-6-2-7-13-19(18)20-14-8-3-9-15-21(20)22/h1,4-5,10-11,16H,2-3,6-9,12-15H2. The Morgan fingerprint density at radius 1 is 0.545 bits per heavy atom. The van der Waals surface area contributed by atoms with Gasteiger partial charge in [-0.05, 0) is 84.7 Å². The fourth-order valence-corrected chi connectivity index (χ4v) is 4.46. The van der Waals surface area contributed by atoms with Crippen molar-refractivity contribution >= 4 is 0 Å². The van der Waals surface area contributed by atoms with Gasteiger partial charge in [0.1, 0.15) is 0 Å². The average molecular weight is 290 g/mol. The van der Waals surface area contributed by atoms with Crippen molar-refractivity contribution in [1.82, 2.24) is 0 Å². The summed E-state index contributed by atoms with van der Waals surface area (Å²) in [7, 11) is 0. The van der Waals surface area contributed by atoms with Crippen LogP contribution in [0.5, 0.6) is 0 Å². The maximum Gasteiger partial charge on any atom is -0.0146 e. The molecular formula is C22H26. The lowest BCUT2D eigenvalue weighted by Crippen LogP contribution is -2.05. The molecule has 114 valence electrons. The molecule has 0 unspecified atom stereocenters. The van der Waals surface area contributed by atoms with E-state index in [4.69, 9.17) is 0 Å². The Morgan fingerprint density at radius 3 is 1.95 bits per heavy atom. The largest absolute Gasteiger partial charge is 0.0622 e. The molecule has 0 aromatic heterocycles. The monoisotopic (exact) mass is 290 g/mol. The van der Waals surface area contributed by atoms with Gasteiger partial charge >= 0.3 is 0 Å². The molecule has 4 rings (SSSR count). The highest BCUT2D eigenvalue weighted by Gasteiger charge is 2.21. The highest BCUT2D eigenvalue weighted by Crippen LogP contribution is 2.37. The van der Waals surface area contributed by atoms with Crippen molar-refractivity contribution in [2.75, 3.05) is 0 Å². The first-order valence-electron chi connectivity index (χ1n) is 9.15. The lowest BCUT2D eigenvalue weighted by atomic mass is 9.84. The zero-order chi connectivity index (χ0) is 14.8. The predicted octanol–water partition coefficient (Wildman–Crippen LogP) is 5.89. The van der Waals surface area contributed by atoms with Crippen LogP contribution in [-0.4, -0.2) is 0 Å². The molecule has 0 N–H and O–H groups in total. The first-order chi connectivity index (χ1) is 10.9. The molecule has 2 aliphatic carbocycles. The van der Waals surface area contributed by atoms with Gasteiger partial charge in [0, 0.05) is 0 Å². The number of rotatable bonds is 1. The highest BCUT2D eigenvalue weighted by atomic mass is 14.3. The molecule has 0 fully saturated rings. The summed E-state index contributed by atoms with van der Waals surface area (Å²) >= 11 is 0. The molecule has 0 saturated carbocycles. The minimum Gasteiger partial charge on any atom is -0.0622 e. The van der Waals surface area contributed by atoms with Gasteiger partial charge in [-0.15, -0.1) is 0 Å². The van der Waals surface area contributed by atoms with Gasteiger partial charge in [-0.25, -0.2) is 0 Å². The summed E-state index contributed by atoms with van der Waals surface area (Å²) in [6, 6.07) is 13.6. The summed E-state index contributed by atoms with van der Waals surface area (Å²) in [6.07, 6.45) is 13.6. The zero-order valence-electron chi connectivity index (χ0n) is 13.5. The normalized spacial score (nSPS) is 18.0. The Morgan fingerprint density at radius 2 is 1.18 bits per heavy atom. The maximum absolute atomic E-state index is 2.56. The minimum absolute atomic E-state index is 1.28. The van der Waals surface area contributed by atoms with Crippen molar-refractivity contribution in [3.05, 3.63) is 58.7 Å². The Bertz CT molecular complexity index is 651. The van der Waals surface area contributed by atoms with E-state index in [2.05, 4.69) is 36.4 Å². The number of fused-ring (bicyclic) bond motifs is 3. The Balaban J connectivity index is 1.93. The third kappa shape index (κ3) is 2.60. The number of benzene rings is 2. The van der Waals surface area contributed by atoms with Crippen LogP contribution in [0.25, 0.3) is 11.1 Å². The third-order valence-corrected chi connectivity index (χ3v) is 5.57. The number of aryl methyl sites for hydroxylation is 1. The van der Waals surface area contributed by atoms with Crippen LogP contribution in [0.1, 0.15) is 60.8 Å². The summed E-state index contributed by atoms with van der Waals surface area (Å²) in [6.45, 7) is 0.